The Kier molecular flexibility index (Phi) is 5.25. The molecule has 0 bridgehead atoms. The first-order chi connectivity index (χ1) is 10.6. The van der Waals surface area contributed by atoms with Crippen molar-refractivity contribution in [3.05, 3.63) is 71.0 Å². The second-order valence-electron chi connectivity index (χ2n) is 4.47. The highest BCUT2D eigenvalue weighted by molar-refractivity contribution is 6.03. The molecule has 0 saturated carbocycles. The number of ether oxygens (including phenoxy) is 2. The van der Waals surface area contributed by atoms with Gasteiger partial charge in [-0.3, -0.25) is 0 Å². The summed E-state index contributed by atoms with van der Waals surface area (Å²) >= 11 is 0. The molecule has 0 N–H and O–H groups in total. The van der Waals surface area contributed by atoms with E-state index in [-0.39, 0.29) is 24.3 Å². The molecule has 0 unspecified atom stereocenters. The molecule has 2 aromatic carbocycles. The quantitative estimate of drug-likeness (QED) is 0.795. The van der Waals surface area contributed by atoms with E-state index in [0.29, 0.717) is 5.56 Å². The van der Waals surface area contributed by atoms with Crippen molar-refractivity contribution in [2.75, 3.05) is 6.61 Å². The first kappa shape index (κ1) is 15.7. The standard InChI is InChI=1S/C17H15FO4/c1-2-21-16(19)14-8-3-4-9-15(14)17(20)22-11-12-6-5-7-13(18)10-12/h3-10H,2,11H2,1H3. The van der Waals surface area contributed by atoms with E-state index >= 15 is 0 Å². The molecule has 22 heavy (non-hydrogen) atoms. The number of hydrogen-bond donors (Lipinski definition) is 0. The molecule has 0 amide bonds. The van der Waals surface area contributed by atoms with Crippen molar-refractivity contribution in [3.8, 4) is 0 Å². The van der Waals surface area contributed by atoms with Crippen LogP contribution in [0.1, 0.15) is 33.2 Å². The summed E-state index contributed by atoms with van der Waals surface area (Å²) < 4.78 is 23.1. The summed E-state index contributed by atoms with van der Waals surface area (Å²) in [4.78, 5) is 23.9. The predicted molar refractivity (Wildman–Crippen MR) is 77.9 cm³/mol. The van der Waals surface area contributed by atoms with Crippen LogP contribution in [0.15, 0.2) is 48.5 Å². The molecule has 0 aliphatic heterocycles. The third-order valence-electron chi connectivity index (χ3n) is 2.90. The smallest absolute Gasteiger partial charge is 0.339 e. The summed E-state index contributed by atoms with van der Waals surface area (Å²) in [6, 6.07) is 12.0. The maximum atomic E-state index is 13.1. The minimum Gasteiger partial charge on any atom is -0.462 e. The maximum absolute atomic E-state index is 13.1. The molecular formula is C17H15FO4. The Balaban J connectivity index is 2.11. The fourth-order valence-electron chi connectivity index (χ4n) is 1.90. The summed E-state index contributed by atoms with van der Waals surface area (Å²) in [5.74, 6) is -1.64. The zero-order valence-corrected chi connectivity index (χ0v) is 12.0. The van der Waals surface area contributed by atoms with Crippen LogP contribution >= 0.6 is 0 Å². The molecule has 0 radical (unpaired) electrons. The van der Waals surface area contributed by atoms with Crippen molar-refractivity contribution in [1.82, 2.24) is 0 Å². The van der Waals surface area contributed by atoms with Gasteiger partial charge in [0.15, 0.2) is 0 Å². The minimum absolute atomic E-state index is 0.0756. The van der Waals surface area contributed by atoms with Gasteiger partial charge < -0.3 is 9.47 Å². The van der Waals surface area contributed by atoms with Crippen LogP contribution in [0.3, 0.4) is 0 Å². The van der Waals surface area contributed by atoms with Crippen molar-refractivity contribution in [1.29, 1.82) is 0 Å². The van der Waals surface area contributed by atoms with Gasteiger partial charge >= 0.3 is 11.9 Å². The van der Waals surface area contributed by atoms with E-state index in [9.17, 15) is 14.0 Å². The van der Waals surface area contributed by atoms with E-state index in [1.807, 2.05) is 0 Å². The Hall–Kier alpha value is -2.69. The Morgan fingerprint density at radius 1 is 0.955 bits per heavy atom. The molecule has 0 aliphatic carbocycles. The highest BCUT2D eigenvalue weighted by Gasteiger charge is 2.18. The van der Waals surface area contributed by atoms with Crippen LogP contribution in [0.4, 0.5) is 4.39 Å². The second kappa shape index (κ2) is 7.36. The normalized spacial score (nSPS) is 10.1. The Bertz CT molecular complexity index is 682. The van der Waals surface area contributed by atoms with Gasteiger partial charge in [-0.25, -0.2) is 14.0 Å². The molecular weight excluding hydrogens is 287 g/mol. The van der Waals surface area contributed by atoms with E-state index in [1.165, 1.54) is 30.3 Å². The zero-order valence-electron chi connectivity index (χ0n) is 12.0. The van der Waals surface area contributed by atoms with Gasteiger partial charge in [0.25, 0.3) is 0 Å². The minimum atomic E-state index is -0.659. The van der Waals surface area contributed by atoms with Crippen LogP contribution in [-0.4, -0.2) is 18.5 Å². The van der Waals surface area contributed by atoms with E-state index < -0.39 is 17.8 Å². The molecule has 4 nitrogen and oxygen atoms in total. The molecule has 2 aromatic rings. The lowest BCUT2D eigenvalue weighted by Gasteiger charge is -2.09. The third-order valence-corrected chi connectivity index (χ3v) is 2.90. The number of halogens is 1. The molecule has 0 aliphatic rings. The first-order valence-corrected chi connectivity index (χ1v) is 6.79. The van der Waals surface area contributed by atoms with Gasteiger partial charge in [0.2, 0.25) is 0 Å². The topological polar surface area (TPSA) is 52.6 Å². The number of hydrogen-bond acceptors (Lipinski definition) is 4. The molecule has 0 spiro atoms. The first-order valence-electron chi connectivity index (χ1n) is 6.79. The van der Waals surface area contributed by atoms with Gasteiger partial charge in [-0.15, -0.1) is 0 Å². The molecule has 0 heterocycles. The maximum Gasteiger partial charge on any atom is 0.339 e. The Morgan fingerprint density at radius 2 is 1.59 bits per heavy atom. The lowest BCUT2D eigenvalue weighted by Crippen LogP contribution is -2.14. The molecule has 0 atom stereocenters. The van der Waals surface area contributed by atoms with Gasteiger partial charge in [-0.05, 0) is 36.8 Å². The summed E-state index contributed by atoms with van der Waals surface area (Å²) in [6.07, 6.45) is 0. The van der Waals surface area contributed by atoms with Crippen molar-refractivity contribution in [3.63, 3.8) is 0 Å². The summed E-state index contributed by atoms with van der Waals surface area (Å²) in [7, 11) is 0. The van der Waals surface area contributed by atoms with Crippen LogP contribution in [0.25, 0.3) is 0 Å². The Morgan fingerprint density at radius 3 is 2.18 bits per heavy atom. The number of rotatable bonds is 5. The van der Waals surface area contributed by atoms with E-state index in [0.717, 1.165) is 0 Å². The van der Waals surface area contributed by atoms with Crippen molar-refractivity contribution in [2.24, 2.45) is 0 Å². The average Bonchev–Trinajstić information content (AvgIpc) is 2.53. The molecule has 114 valence electrons. The van der Waals surface area contributed by atoms with E-state index in [1.54, 1.807) is 25.1 Å². The summed E-state index contributed by atoms with van der Waals surface area (Å²) in [6.45, 7) is 1.82. The highest BCUT2D eigenvalue weighted by Crippen LogP contribution is 2.13. The highest BCUT2D eigenvalue weighted by atomic mass is 19.1. The van der Waals surface area contributed by atoms with Crippen molar-refractivity contribution >= 4 is 11.9 Å². The fraction of sp³-hybridized carbons (Fsp3) is 0.176. The SMILES string of the molecule is CCOC(=O)c1ccccc1C(=O)OCc1cccc(F)c1. The van der Waals surface area contributed by atoms with Crippen LogP contribution in [0.2, 0.25) is 0 Å². The molecule has 5 heteroatoms. The number of esters is 2. The number of benzene rings is 2. The van der Waals surface area contributed by atoms with E-state index in [4.69, 9.17) is 9.47 Å². The predicted octanol–water partition coefficient (Wildman–Crippen LogP) is 3.36. The van der Waals surface area contributed by atoms with Gasteiger partial charge in [0, 0.05) is 0 Å². The molecule has 2 rings (SSSR count). The summed E-state index contributed by atoms with van der Waals surface area (Å²) in [5, 5.41) is 0. The third kappa shape index (κ3) is 3.91. The lowest BCUT2D eigenvalue weighted by molar-refractivity contribution is 0.0445. The Labute approximate surface area is 127 Å². The van der Waals surface area contributed by atoms with Crippen LogP contribution in [0.5, 0.6) is 0 Å². The van der Waals surface area contributed by atoms with Gasteiger partial charge in [-0.2, -0.15) is 0 Å². The summed E-state index contributed by atoms with van der Waals surface area (Å²) in [5.41, 5.74) is 0.799. The fourth-order valence-corrected chi connectivity index (χ4v) is 1.90. The zero-order chi connectivity index (χ0) is 15.9. The largest absolute Gasteiger partial charge is 0.462 e. The van der Waals surface area contributed by atoms with Crippen LogP contribution < -0.4 is 0 Å². The van der Waals surface area contributed by atoms with Crippen molar-refractivity contribution < 1.29 is 23.5 Å². The number of carbonyl (C=O) groups excluding carboxylic acids is 2. The van der Waals surface area contributed by atoms with Crippen molar-refractivity contribution in [2.45, 2.75) is 13.5 Å². The lowest BCUT2D eigenvalue weighted by atomic mass is 10.1. The van der Waals surface area contributed by atoms with Gasteiger partial charge in [0.1, 0.15) is 12.4 Å². The molecule has 0 saturated heterocycles. The van der Waals surface area contributed by atoms with Gasteiger partial charge in [-0.1, -0.05) is 24.3 Å². The molecule has 0 aromatic heterocycles. The monoisotopic (exact) mass is 302 g/mol. The number of carbonyl (C=O) groups is 2. The van der Waals surface area contributed by atoms with Crippen LogP contribution in [0, 0.1) is 5.82 Å². The second-order valence-corrected chi connectivity index (χ2v) is 4.47. The molecule has 0 fully saturated rings. The van der Waals surface area contributed by atoms with E-state index in [2.05, 4.69) is 0 Å². The average molecular weight is 302 g/mol. The van der Waals surface area contributed by atoms with Gasteiger partial charge in [0.05, 0.1) is 17.7 Å². The van der Waals surface area contributed by atoms with Crippen LogP contribution in [-0.2, 0) is 16.1 Å².